The summed E-state index contributed by atoms with van der Waals surface area (Å²) in [5, 5.41) is -0.486. The van der Waals surface area contributed by atoms with E-state index in [4.69, 9.17) is 18.0 Å². The molecule has 2 heteroatoms. The van der Waals surface area contributed by atoms with Gasteiger partial charge in [0.2, 0.25) is 5.78 Å². The van der Waals surface area contributed by atoms with Gasteiger partial charge in [-0.1, -0.05) is 12.2 Å². The zero-order valence-electron chi connectivity index (χ0n) is 6.79. The van der Waals surface area contributed by atoms with E-state index in [-0.39, 0.29) is 11.7 Å². The number of ketones is 1. The van der Waals surface area contributed by atoms with E-state index in [2.05, 4.69) is 18.1 Å². The Labute approximate surface area is 77.8 Å². The van der Waals surface area contributed by atoms with E-state index in [0.717, 1.165) is 19.3 Å². The average Bonchev–Trinajstić information content (AvgIpc) is 2.17. The summed E-state index contributed by atoms with van der Waals surface area (Å²) in [6, 6.07) is 0. The second-order valence-electron chi connectivity index (χ2n) is 2.95. The third-order valence-electron chi connectivity index (χ3n) is 2.12. The van der Waals surface area contributed by atoms with Crippen LogP contribution in [0.15, 0.2) is 12.2 Å². The number of carbonyl (C=O) groups is 1. The summed E-state index contributed by atoms with van der Waals surface area (Å²) in [4.78, 5) is 11.0. The molecule has 0 radical (unpaired) electrons. The molecule has 0 saturated heterocycles. The van der Waals surface area contributed by atoms with Gasteiger partial charge >= 0.3 is 0 Å². The highest BCUT2D eigenvalue weighted by Crippen LogP contribution is 2.25. The maximum Gasteiger partial charge on any atom is 0.223 e. The van der Waals surface area contributed by atoms with Crippen LogP contribution in [0.3, 0.4) is 0 Å². The Morgan fingerprint density at radius 3 is 2.92 bits per heavy atom. The molecule has 0 heterocycles. The molecule has 0 aromatic heterocycles. The maximum absolute atomic E-state index is 11.0. The largest absolute Gasteiger partial charge is 0.283 e. The van der Waals surface area contributed by atoms with Crippen molar-refractivity contribution in [3.63, 3.8) is 0 Å². The standard InChI is InChI=1S/C10H11ClO/c1-2-9(12)10(11)8-6-4-3-5-7-8/h1,3-4,8,10H,5-7H2. The zero-order chi connectivity index (χ0) is 8.97. The number of rotatable bonds is 2. The van der Waals surface area contributed by atoms with Gasteiger partial charge in [-0.05, 0) is 31.1 Å². The van der Waals surface area contributed by atoms with Crippen LogP contribution in [0.2, 0.25) is 0 Å². The molecule has 0 aromatic carbocycles. The Hall–Kier alpha value is -0.740. The highest BCUT2D eigenvalue weighted by Gasteiger charge is 2.24. The van der Waals surface area contributed by atoms with Crippen LogP contribution in [-0.4, -0.2) is 11.2 Å². The molecule has 2 atom stereocenters. The van der Waals surface area contributed by atoms with Crippen LogP contribution in [-0.2, 0) is 4.79 Å². The summed E-state index contributed by atoms with van der Waals surface area (Å²) < 4.78 is 0. The van der Waals surface area contributed by atoms with Gasteiger partial charge in [-0.15, -0.1) is 18.0 Å². The predicted octanol–water partition coefficient (Wildman–Crippen LogP) is 2.15. The SMILES string of the molecule is C#CC(=O)C(Cl)C1CC=CCC1. The Balaban J connectivity index is 2.53. The van der Waals surface area contributed by atoms with Crippen LogP contribution in [0, 0.1) is 18.3 Å². The molecular formula is C10H11ClO. The van der Waals surface area contributed by atoms with Crippen LogP contribution in [0.1, 0.15) is 19.3 Å². The first-order chi connectivity index (χ1) is 5.75. The fourth-order valence-electron chi connectivity index (χ4n) is 1.38. The summed E-state index contributed by atoms with van der Waals surface area (Å²) in [7, 11) is 0. The summed E-state index contributed by atoms with van der Waals surface area (Å²) >= 11 is 5.88. The molecule has 2 unspecified atom stereocenters. The molecule has 1 aliphatic rings. The molecule has 0 spiro atoms. The van der Waals surface area contributed by atoms with Crippen molar-refractivity contribution < 1.29 is 4.79 Å². The molecule has 1 rings (SSSR count). The number of Topliss-reactive ketones (excluding diaryl/α,β-unsaturated/α-hetero) is 1. The van der Waals surface area contributed by atoms with Gasteiger partial charge in [0.05, 0.1) is 0 Å². The fourth-order valence-corrected chi connectivity index (χ4v) is 1.67. The highest BCUT2D eigenvalue weighted by atomic mass is 35.5. The summed E-state index contributed by atoms with van der Waals surface area (Å²) in [5.41, 5.74) is 0. The Morgan fingerprint density at radius 1 is 1.67 bits per heavy atom. The average molecular weight is 183 g/mol. The second-order valence-corrected chi connectivity index (χ2v) is 3.43. The number of carbonyl (C=O) groups excluding carboxylic acids is 1. The van der Waals surface area contributed by atoms with Crippen LogP contribution >= 0.6 is 11.6 Å². The molecule has 12 heavy (non-hydrogen) atoms. The van der Waals surface area contributed by atoms with E-state index >= 15 is 0 Å². The molecule has 0 fully saturated rings. The number of allylic oxidation sites excluding steroid dienone is 2. The van der Waals surface area contributed by atoms with E-state index in [1.807, 2.05) is 0 Å². The van der Waals surface area contributed by atoms with E-state index in [0.29, 0.717) is 0 Å². The van der Waals surface area contributed by atoms with Crippen molar-refractivity contribution in [3.05, 3.63) is 12.2 Å². The van der Waals surface area contributed by atoms with Crippen molar-refractivity contribution in [3.8, 4) is 12.3 Å². The molecule has 0 aliphatic heterocycles. The summed E-state index contributed by atoms with van der Waals surface area (Å²) in [5.74, 6) is 2.02. The zero-order valence-corrected chi connectivity index (χ0v) is 7.55. The Morgan fingerprint density at radius 2 is 2.42 bits per heavy atom. The number of terminal acetylenes is 1. The van der Waals surface area contributed by atoms with Crippen molar-refractivity contribution >= 4 is 17.4 Å². The van der Waals surface area contributed by atoms with Crippen LogP contribution in [0.4, 0.5) is 0 Å². The number of alkyl halides is 1. The van der Waals surface area contributed by atoms with Gasteiger partial charge in [-0.25, -0.2) is 0 Å². The third kappa shape index (κ3) is 2.12. The Bertz CT molecular complexity index is 237. The molecule has 1 aliphatic carbocycles. The normalized spacial score (nSPS) is 24.5. The third-order valence-corrected chi connectivity index (χ3v) is 2.67. The molecule has 0 aromatic rings. The lowest BCUT2D eigenvalue weighted by Gasteiger charge is -2.20. The van der Waals surface area contributed by atoms with Gasteiger partial charge < -0.3 is 0 Å². The topological polar surface area (TPSA) is 17.1 Å². The van der Waals surface area contributed by atoms with E-state index in [1.165, 1.54) is 0 Å². The van der Waals surface area contributed by atoms with E-state index in [1.54, 1.807) is 0 Å². The molecule has 0 bridgehead atoms. The predicted molar refractivity (Wildman–Crippen MR) is 50.0 cm³/mol. The van der Waals surface area contributed by atoms with Crippen molar-refractivity contribution in [2.45, 2.75) is 24.6 Å². The van der Waals surface area contributed by atoms with Crippen molar-refractivity contribution in [1.29, 1.82) is 0 Å². The molecule has 0 N–H and O–H groups in total. The minimum atomic E-state index is -0.486. The van der Waals surface area contributed by atoms with Gasteiger partial charge in [0.25, 0.3) is 0 Å². The van der Waals surface area contributed by atoms with Crippen LogP contribution < -0.4 is 0 Å². The van der Waals surface area contributed by atoms with E-state index in [9.17, 15) is 4.79 Å². The van der Waals surface area contributed by atoms with E-state index < -0.39 is 5.38 Å². The van der Waals surface area contributed by atoms with Crippen LogP contribution in [0.5, 0.6) is 0 Å². The quantitative estimate of drug-likeness (QED) is 0.277. The van der Waals surface area contributed by atoms with Crippen molar-refractivity contribution in [1.82, 2.24) is 0 Å². The number of halogens is 1. The van der Waals surface area contributed by atoms with Gasteiger partial charge in [-0.2, -0.15) is 0 Å². The highest BCUT2D eigenvalue weighted by molar-refractivity contribution is 6.34. The number of hydrogen-bond donors (Lipinski definition) is 0. The van der Waals surface area contributed by atoms with Crippen LogP contribution in [0.25, 0.3) is 0 Å². The Kier molecular flexibility index (Phi) is 3.37. The van der Waals surface area contributed by atoms with Crippen molar-refractivity contribution in [2.24, 2.45) is 5.92 Å². The van der Waals surface area contributed by atoms with Crippen molar-refractivity contribution in [2.75, 3.05) is 0 Å². The monoisotopic (exact) mass is 182 g/mol. The second kappa shape index (κ2) is 4.33. The van der Waals surface area contributed by atoms with Gasteiger partial charge in [0.15, 0.2) is 0 Å². The summed E-state index contributed by atoms with van der Waals surface area (Å²) in [6.45, 7) is 0. The molecule has 0 saturated carbocycles. The lowest BCUT2D eigenvalue weighted by atomic mass is 9.89. The first-order valence-electron chi connectivity index (χ1n) is 4.05. The first-order valence-corrected chi connectivity index (χ1v) is 4.49. The fraction of sp³-hybridized carbons (Fsp3) is 0.500. The lowest BCUT2D eigenvalue weighted by Crippen LogP contribution is -2.23. The molecule has 0 amide bonds. The minimum Gasteiger partial charge on any atom is -0.283 e. The van der Waals surface area contributed by atoms with Gasteiger partial charge in [0.1, 0.15) is 5.38 Å². The maximum atomic E-state index is 11.0. The first kappa shape index (κ1) is 9.35. The smallest absolute Gasteiger partial charge is 0.223 e. The molecule has 64 valence electrons. The van der Waals surface area contributed by atoms with Gasteiger partial charge in [-0.3, -0.25) is 4.79 Å². The minimum absolute atomic E-state index is 0.236. The lowest BCUT2D eigenvalue weighted by molar-refractivity contribution is -0.114. The number of hydrogen-bond acceptors (Lipinski definition) is 1. The molecular weight excluding hydrogens is 172 g/mol. The summed E-state index contributed by atoms with van der Waals surface area (Å²) in [6.07, 6.45) is 12.0. The van der Waals surface area contributed by atoms with Gasteiger partial charge in [0, 0.05) is 0 Å². The molecule has 1 nitrogen and oxygen atoms in total.